The van der Waals surface area contributed by atoms with Crippen molar-refractivity contribution in [2.45, 2.75) is 20.8 Å². The van der Waals surface area contributed by atoms with E-state index in [2.05, 4.69) is 0 Å². The van der Waals surface area contributed by atoms with Gasteiger partial charge in [0.15, 0.2) is 29.1 Å². The lowest BCUT2D eigenvalue weighted by atomic mass is 10.1. The van der Waals surface area contributed by atoms with Gasteiger partial charge in [-0.2, -0.15) is 0 Å². The van der Waals surface area contributed by atoms with E-state index in [-0.39, 0.29) is 11.3 Å². The number of hydrogen-bond acceptors (Lipinski definition) is 1. The number of halogens is 4. The summed E-state index contributed by atoms with van der Waals surface area (Å²) in [6.07, 6.45) is 0. The highest BCUT2D eigenvalue weighted by molar-refractivity contribution is 5.95. The van der Waals surface area contributed by atoms with E-state index in [1.54, 1.807) is 13.8 Å². The van der Waals surface area contributed by atoms with Crippen LogP contribution in [0.15, 0.2) is 30.3 Å². The second kappa shape index (κ2) is 7.02. The van der Waals surface area contributed by atoms with Crippen LogP contribution in [0.2, 0.25) is 0 Å². The van der Waals surface area contributed by atoms with Crippen LogP contribution in [0.3, 0.4) is 0 Å². The number of benzene rings is 2. The lowest BCUT2D eigenvalue weighted by molar-refractivity contribution is 0.101. The Hall–Kier alpha value is -2.17. The molecule has 0 N–H and O–H groups in total. The minimum absolute atomic E-state index is 0.230. The Morgan fingerprint density at radius 1 is 0.810 bits per heavy atom. The maximum atomic E-state index is 12.6. The molecule has 0 saturated carbocycles. The Balaban J connectivity index is 0.000000219. The van der Waals surface area contributed by atoms with Crippen molar-refractivity contribution in [2.75, 3.05) is 0 Å². The van der Waals surface area contributed by atoms with Crippen molar-refractivity contribution in [3.8, 4) is 0 Å². The van der Waals surface area contributed by atoms with Crippen molar-refractivity contribution in [1.82, 2.24) is 0 Å². The van der Waals surface area contributed by atoms with E-state index < -0.39 is 23.3 Å². The maximum Gasteiger partial charge on any atom is 0.160 e. The van der Waals surface area contributed by atoms with Crippen molar-refractivity contribution < 1.29 is 22.4 Å². The molecule has 2 aromatic rings. The fraction of sp³-hybridized carbons (Fsp3) is 0.188. The van der Waals surface area contributed by atoms with E-state index in [4.69, 9.17) is 0 Å². The first-order valence-corrected chi connectivity index (χ1v) is 6.10. The zero-order valence-electron chi connectivity index (χ0n) is 11.8. The smallest absolute Gasteiger partial charge is 0.160 e. The molecule has 0 spiro atoms. The van der Waals surface area contributed by atoms with E-state index in [1.165, 1.54) is 13.0 Å². The molecule has 0 unspecified atom stereocenters. The van der Waals surface area contributed by atoms with Gasteiger partial charge in [0.1, 0.15) is 0 Å². The van der Waals surface area contributed by atoms with Gasteiger partial charge < -0.3 is 0 Å². The molecule has 2 aromatic carbocycles. The van der Waals surface area contributed by atoms with Crippen LogP contribution in [0.5, 0.6) is 0 Å². The fourth-order valence-corrected chi connectivity index (χ4v) is 1.63. The molecule has 0 radical (unpaired) electrons. The molecule has 0 amide bonds. The van der Waals surface area contributed by atoms with Gasteiger partial charge in [0.2, 0.25) is 0 Å². The summed E-state index contributed by atoms with van der Waals surface area (Å²) < 4.78 is 49.5. The van der Waals surface area contributed by atoms with Crippen molar-refractivity contribution in [2.24, 2.45) is 0 Å². The summed E-state index contributed by atoms with van der Waals surface area (Å²) in [7, 11) is 0. The van der Waals surface area contributed by atoms with Crippen molar-refractivity contribution in [3.05, 3.63) is 70.3 Å². The van der Waals surface area contributed by atoms with Gasteiger partial charge >= 0.3 is 0 Å². The highest BCUT2D eigenvalue weighted by atomic mass is 19.2. The molecule has 1 nitrogen and oxygen atoms in total. The number of aryl methyl sites for hydroxylation is 2. The zero-order valence-corrected chi connectivity index (χ0v) is 11.8. The Morgan fingerprint density at radius 2 is 1.33 bits per heavy atom. The Kier molecular flexibility index (Phi) is 5.64. The average Bonchev–Trinajstić information content (AvgIpc) is 2.39. The normalized spacial score (nSPS) is 9.86. The van der Waals surface area contributed by atoms with E-state index in [0.717, 1.165) is 29.8 Å². The van der Waals surface area contributed by atoms with Crippen LogP contribution in [0, 0.1) is 37.1 Å². The van der Waals surface area contributed by atoms with E-state index in [1.807, 2.05) is 0 Å². The minimum atomic E-state index is -0.981. The highest BCUT2D eigenvalue weighted by Gasteiger charge is 2.09. The first-order chi connectivity index (χ1) is 9.72. The second-order valence-electron chi connectivity index (χ2n) is 4.55. The predicted octanol–water partition coefficient (Wildman–Crippen LogP) is 4.75. The first-order valence-electron chi connectivity index (χ1n) is 6.10. The van der Waals surface area contributed by atoms with Crippen molar-refractivity contribution in [3.63, 3.8) is 0 Å². The van der Waals surface area contributed by atoms with Gasteiger partial charge in [-0.25, -0.2) is 17.6 Å². The molecule has 0 bridgehead atoms. The largest absolute Gasteiger partial charge is 0.294 e. The van der Waals surface area contributed by atoms with Crippen LogP contribution in [0.25, 0.3) is 0 Å². The van der Waals surface area contributed by atoms with Gasteiger partial charge in [-0.05, 0) is 56.2 Å². The van der Waals surface area contributed by atoms with Crippen LogP contribution in [-0.2, 0) is 0 Å². The van der Waals surface area contributed by atoms with E-state index in [9.17, 15) is 22.4 Å². The number of carbonyl (C=O) groups is 1. The Labute approximate surface area is 120 Å². The Morgan fingerprint density at radius 3 is 1.81 bits per heavy atom. The summed E-state index contributed by atoms with van der Waals surface area (Å²) in [5.74, 6) is -3.73. The molecule has 5 heteroatoms. The summed E-state index contributed by atoms with van der Waals surface area (Å²) in [5.41, 5.74) is 1.42. The second-order valence-corrected chi connectivity index (χ2v) is 4.55. The number of hydrogen-bond donors (Lipinski definition) is 0. The topological polar surface area (TPSA) is 17.1 Å². The van der Waals surface area contributed by atoms with Crippen molar-refractivity contribution >= 4 is 5.78 Å². The molecular weight excluding hydrogens is 284 g/mol. The molecule has 0 aliphatic carbocycles. The van der Waals surface area contributed by atoms with E-state index in [0.29, 0.717) is 5.56 Å². The van der Waals surface area contributed by atoms with Crippen LogP contribution in [-0.4, -0.2) is 5.78 Å². The summed E-state index contributed by atoms with van der Waals surface area (Å²) in [6.45, 7) is 4.60. The molecule has 2 rings (SSSR count). The molecule has 0 saturated heterocycles. The molecule has 0 aliphatic heterocycles. The quantitative estimate of drug-likeness (QED) is 0.548. The van der Waals surface area contributed by atoms with Crippen LogP contribution < -0.4 is 0 Å². The zero-order chi connectivity index (χ0) is 16.2. The summed E-state index contributed by atoms with van der Waals surface area (Å²) >= 11 is 0. The Bertz CT molecular complexity index is 666. The molecule has 21 heavy (non-hydrogen) atoms. The molecule has 0 aromatic heterocycles. The van der Waals surface area contributed by atoms with Crippen LogP contribution in [0.1, 0.15) is 28.4 Å². The monoisotopic (exact) mass is 298 g/mol. The SMILES string of the molecule is CC(=O)c1cc(F)c(F)cc1C.Cc1ccc(F)c(F)c1. The summed E-state index contributed by atoms with van der Waals surface area (Å²) in [4.78, 5) is 10.8. The maximum absolute atomic E-state index is 12.6. The van der Waals surface area contributed by atoms with Gasteiger partial charge in [0.05, 0.1) is 0 Å². The van der Waals surface area contributed by atoms with Gasteiger partial charge in [-0.3, -0.25) is 4.79 Å². The van der Waals surface area contributed by atoms with Crippen LogP contribution >= 0.6 is 0 Å². The molecule has 112 valence electrons. The molecule has 0 aliphatic rings. The summed E-state index contributed by atoms with van der Waals surface area (Å²) in [5, 5.41) is 0. The molecule has 0 heterocycles. The number of carbonyl (C=O) groups excluding carboxylic acids is 1. The van der Waals surface area contributed by atoms with E-state index >= 15 is 0 Å². The average molecular weight is 298 g/mol. The first kappa shape index (κ1) is 16.9. The van der Waals surface area contributed by atoms with Crippen molar-refractivity contribution in [1.29, 1.82) is 0 Å². The molecular formula is C16H14F4O. The molecule has 0 fully saturated rings. The van der Waals surface area contributed by atoms with Crippen LogP contribution in [0.4, 0.5) is 17.6 Å². The molecule has 0 atom stereocenters. The van der Waals surface area contributed by atoms with Gasteiger partial charge in [-0.1, -0.05) is 6.07 Å². The number of ketones is 1. The minimum Gasteiger partial charge on any atom is -0.294 e. The third-order valence-electron chi connectivity index (χ3n) is 2.72. The third kappa shape index (κ3) is 4.70. The lowest BCUT2D eigenvalue weighted by Crippen LogP contribution is -1.99. The number of rotatable bonds is 1. The number of Topliss-reactive ketones (excluding diaryl/α,β-unsaturated/α-hetero) is 1. The lowest BCUT2D eigenvalue weighted by Gasteiger charge is -2.01. The van der Waals surface area contributed by atoms with Gasteiger partial charge in [0, 0.05) is 5.56 Å². The predicted molar refractivity (Wildman–Crippen MR) is 72.2 cm³/mol. The standard InChI is InChI=1S/C9H8F2O.C7H6F2/c1-5-3-8(10)9(11)4-7(5)6(2)12;1-5-2-3-6(8)7(9)4-5/h3-4H,1-2H3;2-4H,1H3. The third-order valence-corrected chi connectivity index (χ3v) is 2.72. The summed E-state index contributed by atoms with van der Waals surface area (Å²) in [6, 6.07) is 5.75. The highest BCUT2D eigenvalue weighted by Crippen LogP contribution is 2.14. The fourth-order valence-electron chi connectivity index (χ4n) is 1.63. The van der Waals surface area contributed by atoms with Gasteiger partial charge in [0.25, 0.3) is 0 Å². The van der Waals surface area contributed by atoms with Gasteiger partial charge in [-0.15, -0.1) is 0 Å².